The second-order valence-electron chi connectivity index (χ2n) is 6.45. The third kappa shape index (κ3) is 4.41. The van der Waals surface area contributed by atoms with Crippen LogP contribution in [0.5, 0.6) is 0 Å². The third-order valence-corrected chi connectivity index (χ3v) is 4.77. The minimum absolute atomic E-state index is 0.0740. The summed E-state index contributed by atoms with van der Waals surface area (Å²) in [6, 6.07) is 13.6. The summed E-state index contributed by atoms with van der Waals surface area (Å²) in [5, 5.41) is 16.0. The van der Waals surface area contributed by atoms with Crippen LogP contribution in [0.2, 0.25) is 0 Å². The lowest BCUT2D eigenvalue weighted by Crippen LogP contribution is -2.22. The summed E-state index contributed by atoms with van der Waals surface area (Å²) in [6.45, 7) is 7.99. The van der Waals surface area contributed by atoms with E-state index in [0.717, 1.165) is 30.7 Å². The first kappa shape index (κ1) is 18.8. The number of nitro benzene ring substituents is 1. The van der Waals surface area contributed by atoms with Crippen molar-refractivity contribution in [3.8, 4) is 0 Å². The van der Waals surface area contributed by atoms with E-state index in [4.69, 9.17) is 0 Å². The first-order valence-corrected chi connectivity index (χ1v) is 9.17. The Morgan fingerprint density at radius 1 is 1.07 bits per heavy atom. The fraction of sp³-hybridized carbons (Fsp3) is 0.286. The van der Waals surface area contributed by atoms with Crippen LogP contribution in [0.15, 0.2) is 54.9 Å². The monoisotopic (exact) mass is 364 g/mol. The summed E-state index contributed by atoms with van der Waals surface area (Å²) in [5.74, 6) is 0. The van der Waals surface area contributed by atoms with Crippen LogP contribution in [0.3, 0.4) is 0 Å². The van der Waals surface area contributed by atoms with Crippen LogP contribution in [0.1, 0.15) is 25.0 Å². The van der Waals surface area contributed by atoms with Crippen molar-refractivity contribution in [1.82, 2.24) is 9.88 Å². The zero-order valence-electron chi connectivity index (χ0n) is 15.7. The van der Waals surface area contributed by atoms with Crippen molar-refractivity contribution < 1.29 is 4.92 Å². The van der Waals surface area contributed by atoms with Crippen molar-refractivity contribution in [3.05, 3.63) is 76.1 Å². The zero-order chi connectivity index (χ0) is 19.2. The number of pyridine rings is 1. The molecule has 0 saturated carbocycles. The topological polar surface area (TPSA) is 71.3 Å². The number of non-ortho nitro benzene ring substituents is 1. The van der Waals surface area contributed by atoms with Gasteiger partial charge in [0.2, 0.25) is 0 Å². The summed E-state index contributed by atoms with van der Waals surface area (Å²) < 4.78 is 0. The molecular formula is C21H24N4O2. The summed E-state index contributed by atoms with van der Waals surface area (Å²) in [6.07, 6.45) is 3.20. The first-order valence-electron chi connectivity index (χ1n) is 9.17. The molecule has 1 N–H and O–H groups in total. The van der Waals surface area contributed by atoms with Crippen LogP contribution in [0.4, 0.5) is 11.4 Å². The van der Waals surface area contributed by atoms with Crippen LogP contribution in [0, 0.1) is 10.1 Å². The number of nitrogens with one attached hydrogen (secondary N) is 1. The third-order valence-electron chi connectivity index (χ3n) is 4.77. The van der Waals surface area contributed by atoms with Gasteiger partial charge in [0.05, 0.1) is 10.3 Å². The minimum Gasteiger partial charge on any atom is -0.380 e. The van der Waals surface area contributed by atoms with Crippen molar-refractivity contribution >= 4 is 22.1 Å². The van der Waals surface area contributed by atoms with Crippen molar-refractivity contribution in [1.29, 1.82) is 0 Å². The molecule has 0 spiro atoms. The molecule has 27 heavy (non-hydrogen) atoms. The summed E-state index contributed by atoms with van der Waals surface area (Å²) in [4.78, 5) is 17.3. The Balaban J connectivity index is 1.79. The number of anilines is 1. The number of rotatable bonds is 8. The van der Waals surface area contributed by atoms with E-state index in [0.29, 0.717) is 11.9 Å². The summed E-state index contributed by atoms with van der Waals surface area (Å²) in [7, 11) is 0. The van der Waals surface area contributed by atoms with Crippen LogP contribution in [0.25, 0.3) is 10.8 Å². The van der Waals surface area contributed by atoms with Crippen LogP contribution >= 0.6 is 0 Å². The van der Waals surface area contributed by atoms with Gasteiger partial charge in [-0.05, 0) is 36.3 Å². The molecule has 1 heterocycles. The SMILES string of the molecule is CCN(CC)Cc1cccc(CNc2ccc([N+](=O)[O-])c3cnccc23)c1. The maximum atomic E-state index is 11.2. The molecule has 0 unspecified atom stereocenters. The van der Waals surface area contributed by atoms with Gasteiger partial charge in [-0.2, -0.15) is 0 Å². The van der Waals surface area contributed by atoms with Gasteiger partial charge in [-0.1, -0.05) is 38.1 Å². The van der Waals surface area contributed by atoms with E-state index in [1.165, 1.54) is 17.2 Å². The van der Waals surface area contributed by atoms with Gasteiger partial charge in [0, 0.05) is 42.6 Å². The number of hydrogen-bond acceptors (Lipinski definition) is 5. The number of fused-ring (bicyclic) bond motifs is 1. The highest BCUT2D eigenvalue weighted by Crippen LogP contribution is 2.30. The molecule has 0 aliphatic carbocycles. The Kier molecular flexibility index (Phi) is 5.98. The lowest BCUT2D eigenvalue weighted by atomic mass is 10.1. The van der Waals surface area contributed by atoms with Crippen molar-refractivity contribution in [3.63, 3.8) is 0 Å². The van der Waals surface area contributed by atoms with Gasteiger partial charge >= 0.3 is 0 Å². The maximum Gasteiger partial charge on any atom is 0.278 e. The van der Waals surface area contributed by atoms with Crippen LogP contribution in [-0.2, 0) is 13.1 Å². The fourth-order valence-corrected chi connectivity index (χ4v) is 3.23. The van der Waals surface area contributed by atoms with Crippen molar-refractivity contribution in [2.45, 2.75) is 26.9 Å². The molecule has 0 aliphatic heterocycles. The molecule has 0 bridgehead atoms. The number of nitro groups is 1. The van der Waals surface area contributed by atoms with Gasteiger partial charge in [-0.25, -0.2) is 0 Å². The smallest absolute Gasteiger partial charge is 0.278 e. The van der Waals surface area contributed by atoms with Gasteiger partial charge in [-0.3, -0.25) is 20.0 Å². The van der Waals surface area contributed by atoms with E-state index in [1.54, 1.807) is 18.5 Å². The Morgan fingerprint density at radius 3 is 2.59 bits per heavy atom. The molecule has 6 heteroatoms. The molecule has 6 nitrogen and oxygen atoms in total. The molecule has 0 aliphatic rings. The molecule has 0 fully saturated rings. The molecule has 140 valence electrons. The van der Waals surface area contributed by atoms with E-state index in [2.05, 4.69) is 53.3 Å². The molecule has 0 amide bonds. The first-order chi connectivity index (χ1) is 13.1. The summed E-state index contributed by atoms with van der Waals surface area (Å²) in [5.41, 5.74) is 3.41. The quantitative estimate of drug-likeness (QED) is 0.467. The Labute approximate surface area is 159 Å². The highest BCUT2D eigenvalue weighted by Gasteiger charge is 2.14. The van der Waals surface area contributed by atoms with Crippen molar-refractivity contribution in [2.24, 2.45) is 0 Å². The summed E-state index contributed by atoms with van der Waals surface area (Å²) >= 11 is 0. The van der Waals surface area contributed by atoms with Crippen LogP contribution < -0.4 is 5.32 Å². The van der Waals surface area contributed by atoms with E-state index >= 15 is 0 Å². The standard InChI is InChI=1S/C21H24N4O2/c1-3-24(4-2)15-17-7-5-6-16(12-17)13-23-20-8-9-21(25(26)27)19-14-22-11-10-18(19)20/h5-12,14,23H,3-4,13,15H2,1-2H3. The lowest BCUT2D eigenvalue weighted by Gasteiger charge is -2.18. The molecule has 1 aromatic heterocycles. The normalized spacial score (nSPS) is 11.1. The Hall–Kier alpha value is -2.99. The molecule has 2 aromatic carbocycles. The second-order valence-corrected chi connectivity index (χ2v) is 6.45. The Morgan fingerprint density at radius 2 is 1.85 bits per heavy atom. The Bertz CT molecular complexity index is 938. The molecule has 3 rings (SSSR count). The maximum absolute atomic E-state index is 11.2. The molecule has 0 atom stereocenters. The average Bonchev–Trinajstić information content (AvgIpc) is 2.70. The number of benzene rings is 2. The van der Waals surface area contributed by atoms with Crippen LogP contribution in [-0.4, -0.2) is 27.9 Å². The van der Waals surface area contributed by atoms with Gasteiger partial charge in [0.15, 0.2) is 0 Å². The average molecular weight is 364 g/mol. The fourth-order valence-electron chi connectivity index (χ4n) is 3.23. The minimum atomic E-state index is -0.371. The number of nitrogens with zero attached hydrogens (tertiary/aromatic N) is 3. The predicted octanol–water partition coefficient (Wildman–Crippen LogP) is 4.60. The van der Waals surface area contributed by atoms with Gasteiger partial charge < -0.3 is 5.32 Å². The number of hydrogen-bond donors (Lipinski definition) is 1. The van der Waals surface area contributed by atoms with E-state index in [-0.39, 0.29) is 10.6 Å². The van der Waals surface area contributed by atoms with E-state index in [1.807, 2.05) is 6.07 Å². The molecular weight excluding hydrogens is 340 g/mol. The number of aromatic nitrogens is 1. The largest absolute Gasteiger partial charge is 0.380 e. The van der Waals surface area contributed by atoms with Crippen molar-refractivity contribution in [2.75, 3.05) is 18.4 Å². The second kappa shape index (κ2) is 8.60. The predicted molar refractivity (Wildman–Crippen MR) is 109 cm³/mol. The van der Waals surface area contributed by atoms with E-state index < -0.39 is 0 Å². The highest BCUT2D eigenvalue weighted by atomic mass is 16.6. The molecule has 0 radical (unpaired) electrons. The van der Waals surface area contributed by atoms with Gasteiger partial charge in [-0.15, -0.1) is 0 Å². The molecule has 0 saturated heterocycles. The lowest BCUT2D eigenvalue weighted by molar-refractivity contribution is -0.383. The zero-order valence-corrected chi connectivity index (χ0v) is 15.7. The van der Waals surface area contributed by atoms with Gasteiger partial charge in [0.25, 0.3) is 5.69 Å². The van der Waals surface area contributed by atoms with Gasteiger partial charge in [0.1, 0.15) is 0 Å². The highest BCUT2D eigenvalue weighted by molar-refractivity contribution is 5.99. The van der Waals surface area contributed by atoms with E-state index in [9.17, 15) is 10.1 Å². The molecule has 3 aromatic rings.